The van der Waals surface area contributed by atoms with Gasteiger partial charge in [-0.1, -0.05) is 6.92 Å². The Bertz CT molecular complexity index is 346. The van der Waals surface area contributed by atoms with Crippen LogP contribution in [0.3, 0.4) is 0 Å². The van der Waals surface area contributed by atoms with E-state index in [0.29, 0.717) is 13.0 Å². The predicted octanol–water partition coefficient (Wildman–Crippen LogP) is 0.459. The van der Waals surface area contributed by atoms with Gasteiger partial charge in [-0.3, -0.25) is 5.41 Å². The lowest BCUT2D eigenvalue weighted by molar-refractivity contribution is 0.219. The Morgan fingerprint density at radius 1 is 1.35 bits per heavy atom. The largest absolute Gasteiger partial charge is 0.387 e. The highest BCUT2D eigenvalue weighted by atomic mass is 32.2. The monoisotopic (exact) mass is 261 g/mol. The molecule has 17 heavy (non-hydrogen) atoms. The normalized spacial score (nSPS) is 19.4. The van der Waals surface area contributed by atoms with Crippen LogP contribution in [0.15, 0.2) is 0 Å². The van der Waals surface area contributed by atoms with Gasteiger partial charge in [0.25, 0.3) is 0 Å². The van der Waals surface area contributed by atoms with Gasteiger partial charge in [0.05, 0.1) is 11.6 Å². The Morgan fingerprint density at radius 2 is 1.94 bits per heavy atom. The van der Waals surface area contributed by atoms with Gasteiger partial charge in [-0.15, -0.1) is 0 Å². The topological polar surface area (TPSA) is 87.2 Å². The minimum atomic E-state index is -2.87. The number of nitrogens with two attached hydrogens (primary N) is 1. The SMILES string of the molecule is CCCS(=O)(=O)CCN1CCC(C(=N)N)CC1. The number of rotatable bonds is 6. The van der Waals surface area contributed by atoms with Crippen molar-refractivity contribution >= 4 is 15.7 Å². The zero-order chi connectivity index (χ0) is 12.9. The second kappa shape index (κ2) is 6.35. The van der Waals surface area contributed by atoms with E-state index in [2.05, 4.69) is 4.90 Å². The Morgan fingerprint density at radius 3 is 2.41 bits per heavy atom. The summed E-state index contributed by atoms with van der Waals surface area (Å²) in [6.07, 6.45) is 2.45. The van der Waals surface area contributed by atoms with Gasteiger partial charge >= 0.3 is 0 Å². The Labute approximate surface area is 104 Å². The molecule has 100 valence electrons. The highest BCUT2D eigenvalue weighted by molar-refractivity contribution is 7.91. The van der Waals surface area contributed by atoms with E-state index in [9.17, 15) is 8.42 Å². The van der Waals surface area contributed by atoms with E-state index in [1.807, 2.05) is 6.92 Å². The molecule has 1 heterocycles. The van der Waals surface area contributed by atoms with Crippen LogP contribution in [0.5, 0.6) is 0 Å². The van der Waals surface area contributed by atoms with Crippen molar-refractivity contribution in [3.05, 3.63) is 0 Å². The number of hydrogen-bond acceptors (Lipinski definition) is 4. The fraction of sp³-hybridized carbons (Fsp3) is 0.909. The van der Waals surface area contributed by atoms with Crippen molar-refractivity contribution in [1.29, 1.82) is 5.41 Å². The van der Waals surface area contributed by atoms with Crippen molar-refractivity contribution in [1.82, 2.24) is 4.90 Å². The van der Waals surface area contributed by atoms with Crippen LogP contribution in [0.4, 0.5) is 0 Å². The van der Waals surface area contributed by atoms with Crippen LogP contribution in [0.2, 0.25) is 0 Å². The minimum absolute atomic E-state index is 0.193. The molecule has 0 aromatic heterocycles. The Balaban J connectivity index is 2.29. The van der Waals surface area contributed by atoms with Crippen LogP contribution in [0.25, 0.3) is 0 Å². The molecule has 3 N–H and O–H groups in total. The number of piperidine rings is 1. The van der Waals surface area contributed by atoms with Crippen molar-refractivity contribution in [2.75, 3.05) is 31.1 Å². The van der Waals surface area contributed by atoms with Gasteiger partial charge in [-0.05, 0) is 32.4 Å². The minimum Gasteiger partial charge on any atom is -0.387 e. The molecule has 5 nitrogen and oxygen atoms in total. The van der Waals surface area contributed by atoms with Gasteiger partial charge in [0, 0.05) is 18.2 Å². The second-order valence-electron chi connectivity index (χ2n) is 4.72. The molecule has 6 heteroatoms. The molecule has 0 spiro atoms. The number of amidine groups is 1. The molecule has 0 saturated carbocycles. The van der Waals surface area contributed by atoms with E-state index in [1.165, 1.54) is 0 Å². The first-order chi connectivity index (χ1) is 7.94. The summed E-state index contributed by atoms with van der Waals surface area (Å²) in [4.78, 5) is 2.16. The van der Waals surface area contributed by atoms with Gasteiger partial charge in [0.15, 0.2) is 9.84 Å². The number of likely N-dealkylation sites (tertiary alicyclic amines) is 1. The van der Waals surface area contributed by atoms with Gasteiger partial charge in [0.1, 0.15) is 0 Å². The van der Waals surface area contributed by atoms with Crippen molar-refractivity contribution in [2.24, 2.45) is 11.7 Å². The molecule has 0 unspecified atom stereocenters. The third kappa shape index (κ3) is 5.04. The van der Waals surface area contributed by atoms with Crippen LogP contribution in [-0.4, -0.2) is 50.3 Å². The van der Waals surface area contributed by atoms with Crippen LogP contribution in [-0.2, 0) is 9.84 Å². The highest BCUT2D eigenvalue weighted by Gasteiger charge is 2.22. The second-order valence-corrected chi connectivity index (χ2v) is 7.03. The molecule has 1 aliphatic heterocycles. The zero-order valence-electron chi connectivity index (χ0n) is 10.5. The van der Waals surface area contributed by atoms with Crippen LogP contribution < -0.4 is 5.73 Å². The molecule has 1 fully saturated rings. The third-order valence-corrected chi connectivity index (χ3v) is 5.10. The molecule has 0 radical (unpaired) electrons. The molecule has 0 bridgehead atoms. The summed E-state index contributed by atoms with van der Waals surface area (Å²) in [5.41, 5.74) is 5.46. The molecule has 0 aromatic carbocycles. The predicted molar refractivity (Wildman–Crippen MR) is 70.0 cm³/mol. The van der Waals surface area contributed by atoms with Crippen molar-refractivity contribution in [2.45, 2.75) is 26.2 Å². The molecular formula is C11H23N3O2S. The molecule has 1 rings (SSSR count). The van der Waals surface area contributed by atoms with E-state index in [1.54, 1.807) is 0 Å². The molecule has 1 saturated heterocycles. The first kappa shape index (κ1) is 14.4. The number of nitrogens with one attached hydrogen (secondary N) is 1. The summed E-state index contributed by atoms with van der Waals surface area (Å²) in [5, 5.41) is 7.37. The maximum absolute atomic E-state index is 11.6. The lowest BCUT2D eigenvalue weighted by atomic mass is 9.96. The standard InChI is InChI=1S/C11H23N3O2S/c1-2-8-17(15,16)9-7-14-5-3-10(4-6-14)11(12)13/h10H,2-9H2,1H3,(H3,12,13). The summed E-state index contributed by atoms with van der Waals surface area (Å²) in [6.45, 7) is 4.21. The van der Waals surface area contributed by atoms with Crippen molar-refractivity contribution < 1.29 is 8.42 Å². The Hall–Kier alpha value is -0.620. The van der Waals surface area contributed by atoms with Crippen molar-refractivity contribution in [3.63, 3.8) is 0 Å². The highest BCUT2D eigenvalue weighted by Crippen LogP contribution is 2.16. The summed E-state index contributed by atoms with van der Waals surface area (Å²) < 4.78 is 23.1. The smallest absolute Gasteiger partial charge is 0.151 e. The third-order valence-electron chi connectivity index (χ3n) is 3.26. The summed E-state index contributed by atoms with van der Waals surface area (Å²) >= 11 is 0. The molecule has 1 aliphatic rings. The van der Waals surface area contributed by atoms with Gasteiger partial charge in [-0.25, -0.2) is 8.42 Å². The van der Waals surface area contributed by atoms with E-state index >= 15 is 0 Å². The first-order valence-corrected chi connectivity index (χ1v) is 8.03. The number of sulfone groups is 1. The fourth-order valence-electron chi connectivity index (χ4n) is 2.15. The van der Waals surface area contributed by atoms with Crippen LogP contribution >= 0.6 is 0 Å². The average Bonchev–Trinajstić information content (AvgIpc) is 2.27. The van der Waals surface area contributed by atoms with E-state index in [4.69, 9.17) is 11.1 Å². The Kier molecular flexibility index (Phi) is 5.39. The lowest BCUT2D eigenvalue weighted by Gasteiger charge is -2.31. The average molecular weight is 261 g/mol. The zero-order valence-corrected chi connectivity index (χ0v) is 11.3. The van der Waals surface area contributed by atoms with Crippen LogP contribution in [0.1, 0.15) is 26.2 Å². The molecule has 0 amide bonds. The maximum atomic E-state index is 11.6. The van der Waals surface area contributed by atoms with E-state index in [0.717, 1.165) is 25.9 Å². The quantitative estimate of drug-likeness (QED) is 0.537. The lowest BCUT2D eigenvalue weighted by Crippen LogP contribution is -2.40. The number of hydrogen-bond donors (Lipinski definition) is 2. The van der Waals surface area contributed by atoms with Crippen LogP contribution in [0, 0.1) is 11.3 Å². The molecular weight excluding hydrogens is 238 g/mol. The maximum Gasteiger partial charge on any atom is 0.151 e. The van der Waals surface area contributed by atoms with Gasteiger partial charge in [-0.2, -0.15) is 0 Å². The van der Waals surface area contributed by atoms with Crippen molar-refractivity contribution in [3.8, 4) is 0 Å². The van der Waals surface area contributed by atoms with Gasteiger partial charge in [0.2, 0.25) is 0 Å². The number of nitrogens with zero attached hydrogens (tertiary/aromatic N) is 1. The molecule has 0 atom stereocenters. The van der Waals surface area contributed by atoms with E-state index < -0.39 is 9.84 Å². The summed E-state index contributed by atoms with van der Waals surface area (Å²) in [7, 11) is -2.87. The van der Waals surface area contributed by atoms with Gasteiger partial charge < -0.3 is 10.6 Å². The summed E-state index contributed by atoms with van der Waals surface area (Å²) in [5.74, 6) is 1.00. The molecule has 0 aliphatic carbocycles. The fourth-order valence-corrected chi connectivity index (χ4v) is 3.51. The first-order valence-electron chi connectivity index (χ1n) is 6.21. The molecule has 0 aromatic rings. The van der Waals surface area contributed by atoms with E-state index in [-0.39, 0.29) is 23.3 Å². The summed E-state index contributed by atoms with van der Waals surface area (Å²) in [6, 6.07) is 0.